The van der Waals surface area contributed by atoms with Crippen LogP contribution in [0.1, 0.15) is 11.1 Å². The molecule has 0 spiro atoms. The molecule has 2 saturated heterocycles. The molecule has 3 atom stereocenters. The molecule has 1 amide bonds. The maximum absolute atomic E-state index is 13.0. The first-order valence-electron chi connectivity index (χ1n) is 10.0. The molecule has 2 aromatic carbocycles. The van der Waals surface area contributed by atoms with E-state index >= 15 is 0 Å². The number of fused-ring (bicyclic) bond motifs is 1. The fraction of sp³-hybridized carbons (Fsp3) is 0.435. The summed E-state index contributed by atoms with van der Waals surface area (Å²) in [6.07, 6.45) is -1.12. The van der Waals surface area contributed by atoms with Crippen LogP contribution in [0.5, 0.6) is 0 Å². The highest BCUT2D eigenvalue weighted by Gasteiger charge is 2.62. The highest BCUT2D eigenvalue weighted by Crippen LogP contribution is 2.40. The Labute approximate surface area is 176 Å². The van der Waals surface area contributed by atoms with Crippen molar-refractivity contribution < 1.29 is 28.5 Å². The molecule has 0 aromatic heterocycles. The van der Waals surface area contributed by atoms with Crippen molar-refractivity contribution in [3.63, 3.8) is 0 Å². The third kappa shape index (κ3) is 4.06. The van der Waals surface area contributed by atoms with E-state index in [4.69, 9.17) is 23.7 Å². The molecule has 3 unspecified atom stereocenters. The zero-order valence-corrected chi connectivity index (χ0v) is 17.2. The van der Waals surface area contributed by atoms with E-state index in [0.717, 1.165) is 11.1 Å². The minimum absolute atomic E-state index is 0.191. The molecular weight excluding hydrogens is 386 g/mol. The van der Waals surface area contributed by atoms with Crippen molar-refractivity contribution in [2.75, 3.05) is 27.4 Å². The van der Waals surface area contributed by atoms with Crippen LogP contribution in [-0.2, 0) is 36.9 Å². The van der Waals surface area contributed by atoms with Crippen molar-refractivity contribution in [3.8, 4) is 0 Å². The van der Waals surface area contributed by atoms with Crippen LogP contribution in [0, 0.1) is 0 Å². The fourth-order valence-corrected chi connectivity index (χ4v) is 4.13. The summed E-state index contributed by atoms with van der Waals surface area (Å²) < 4.78 is 29.0. The molecule has 0 radical (unpaired) electrons. The monoisotopic (exact) mass is 413 g/mol. The lowest BCUT2D eigenvalue weighted by atomic mass is 10.0. The second-order valence-electron chi connectivity index (χ2n) is 7.47. The van der Waals surface area contributed by atoms with Crippen LogP contribution < -0.4 is 0 Å². The maximum Gasteiger partial charge on any atom is 0.410 e. The van der Waals surface area contributed by atoms with Gasteiger partial charge in [-0.05, 0) is 11.1 Å². The standard InChI is InChI=1S/C23H27NO6/c1-26-23(27-2)16-30-20-19(28-14-17-9-5-3-6-10-17)13-24(21(20)23)22(25)29-15-18-11-7-4-8-12-18/h3-12,19-21H,13-16H2,1-2H3. The largest absolute Gasteiger partial charge is 0.445 e. The van der Waals surface area contributed by atoms with Crippen molar-refractivity contribution in [2.24, 2.45) is 0 Å². The molecule has 2 fully saturated rings. The molecular formula is C23H27NO6. The van der Waals surface area contributed by atoms with Gasteiger partial charge in [0.05, 0.1) is 13.2 Å². The molecule has 2 aliphatic rings. The zero-order valence-electron chi connectivity index (χ0n) is 17.2. The smallest absolute Gasteiger partial charge is 0.410 e. The quantitative estimate of drug-likeness (QED) is 0.650. The van der Waals surface area contributed by atoms with Gasteiger partial charge in [0.1, 0.15) is 31.5 Å². The second-order valence-corrected chi connectivity index (χ2v) is 7.47. The molecule has 0 N–H and O–H groups in total. The minimum Gasteiger partial charge on any atom is -0.445 e. The van der Waals surface area contributed by atoms with Gasteiger partial charge in [-0.3, -0.25) is 4.90 Å². The number of ether oxygens (including phenoxy) is 5. The summed E-state index contributed by atoms with van der Waals surface area (Å²) in [4.78, 5) is 14.6. The molecule has 2 aliphatic heterocycles. The van der Waals surface area contributed by atoms with Crippen LogP contribution in [0.3, 0.4) is 0 Å². The Morgan fingerprint density at radius 1 is 1.00 bits per heavy atom. The first-order chi connectivity index (χ1) is 14.7. The lowest BCUT2D eigenvalue weighted by Crippen LogP contribution is -2.55. The van der Waals surface area contributed by atoms with E-state index in [1.165, 1.54) is 0 Å². The molecule has 2 aromatic rings. The summed E-state index contributed by atoms with van der Waals surface area (Å²) in [5.74, 6) is -1.05. The van der Waals surface area contributed by atoms with Crippen molar-refractivity contribution in [3.05, 3.63) is 71.8 Å². The average molecular weight is 413 g/mol. The Kier molecular flexibility index (Phi) is 6.34. The highest BCUT2D eigenvalue weighted by molar-refractivity contribution is 5.69. The number of carbonyl (C=O) groups excluding carboxylic acids is 1. The predicted molar refractivity (Wildman–Crippen MR) is 109 cm³/mol. The van der Waals surface area contributed by atoms with Gasteiger partial charge in [0.2, 0.25) is 5.79 Å². The van der Waals surface area contributed by atoms with Gasteiger partial charge in [-0.15, -0.1) is 0 Å². The molecule has 7 heteroatoms. The zero-order chi connectivity index (χ0) is 21.0. The molecule has 7 nitrogen and oxygen atoms in total. The molecule has 0 aliphatic carbocycles. The van der Waals surface area contributed by atoms with E-state index in [9.17, 15) is 4.79 Å². The third-order valence-corrected chi connectivity index (χ3v) is 5.76. The summed E-state index contributed by atoms with van der Waals surface area (Å²) in [6, 6.07) is 19.0. The van der Waals surface area contributed by atoms with Crippen LogP contribution >= 0.6 is 0 Å². The Balaban J connectivity index is 1.48. The molecule has 30 heavy (non-hydrogen) atoms. The van der Waals surface area contributed by atoms with Crippen molar-refractivity contribution in [1.29, 1.82) is 0 Å². The van der Waals surface area contributed by atoms with Gasteiger partial charge < -0.3 is 23.7 Å². The number of likely N-dealkylation sites (tertiary alicyclic amines) is 1. The number of rotatable bonds is 7. The Bertz CT molecular complexity index is 826. The fourth-order valence-electron chi connectivity index (χ4n) is 4.13. The van der Waals surface area contributed by atoms with Crippen LogP contribution in [0.2, 0.25) is 0 Å². The number of hydrogen-bond acceptors (Lipinski definition) is 6. The average Bonchev–Trinajstić information content (AvgIpc) is 3.36. The molecule has 0 saturated carbocycles. The maximum atomic E-state index is 13.0. The van der Waals surface area contributed by atoms with E-state index in [1.807, 2.05) is 60.7 Å². The van der Waals surface area contributed by atoms with Gasteiger partial charge in [0.15, 0.2) is 0 Å². The first-order valence-corrected chi connectivity index (χ1v) is 10.0. The van der Waals surface area contributed by atoms with E-state index < -0.39 is 17.9 Å². The molecule has 0 bridgehead atoms. The number of amides is 1. The normalized spacial score (nSPS) is 24.6. The summed E-state index contributed by atoms with van der Waals surface area (Å²) in [7, 11) is 3.11. The van der Waals surface area contributed by atoms with E-state index in [-0.39, 0.29) is 25.4 Å². The molecule has 4 rings (SSSR count). The second kappa shape index (κ2) is 9.14. The van der Waals surface area contributed by atoms with Crippen LogP contribution in [0.25, 0.3) is 0 Å². The van der Waals surface area contributed by atoms with E-state index in [1.54, 1.807) is 19.1 Å². The van der Waals surface area contributed by atoms with Crippen molar-refractivity contribution >= 4 is 6.09 Å². The van der Waals surface area contributed by atoms with Gasteiger partial charge in [-0.1, -0.05) is 60.7 Å². The summed E-state index contributed by atoms with van der Waals surface area (Å²) in [6.45, 7) is 1.17. The highest BCUT2D eigenvalue weighted by atomic mass is 16.7. The number of nitrogens with zero attached hydrogens (tertiary/aromatic N) is 1. The van der Waals surface area contributed by atoms with E-state index in [0.29, 0.717) is 13.2 Å². The van der Waals surface area contributed by atoms with Gasteiger partial charge in [0, 0.05) is 14.2 Å². The minimum atomic E-state index is -1.05. The van der Waals surface area contributed by atoms with Crippen molar-refractivity contribution in [2.45, 2.75) is 37.3 Å². The third-order valence-electron chi connectivity index (χ3n) is 5.76. The van der Waals surface area contributed by atoms with Crippen LogP contribution in [0.4, 0.5) is 4.79 Å². The SMILES string of the molecule is COC1(OC)COC2C(OCc3ccccc3)CN(C(=O)OCc3ccccc3)C21. The lowest BCUT2D eigenvalue weighted by molar-refractivity contribution is -0.224. The number of carbonyl (C=O) groups is 1. The van der Waals surface area contributed by atoms with Gasteiger partial charge in [-0.25, -0.2) is 4.79 Å². The molecule has 2 heterocycles. The van der Waals surface area contributed by atoms with Crippen LogP contribution in [0.15, 0.2) is 60.7 Å². The summed E-state index contributed by atoms with van der Waals surface area (Å²) >= 11 is 0. The number of hydrogen-bond donors (Lipinski definition) is 0. The van der Waals surface area contributed by atoms with E-state index in [2.05, 4.69) is 0 Å². The van der Waals surface area contributed by atoms with Crippen molar-refractivity contribution in [1.82, 2.24) is 4.90 Å². The van der Waals surface area contributed by atoms with Gasteiger partial charge in [-0.2, -0.15) is 0 Å². The predicted octanol–water partition coefficient (Wildman–Crippen LogP) is 2.98. The Hall–Kier alpha value is -2.45. The number of benzene rings is 2. The van der Waals surface area contributed by atoms with Gasteiger partial charge >= 0.3 is 6.09 Å². The first kappa shape index (κ1) is 20.8. The Morgan fingerprint density at radius 2 is 1.60 bits per heavy atom. The summed E-state index contributed by atoms with van der Waals surface area (Å²) in [5.41, 5.74) is 1.98. The Morgan fingerprint density at radius 3 is 2.20 bits per heavy atom. The topological polar surface area (TPSA) is 66.5 Å². The summed E-state index contributed by atoms with van der Waals surface area (Å²) in [5, 5.41) is 0. The molecule has 160 valence electrons. The lowest BCUT2D eigenvalue weighted by Gasteiger charge is -2.35. The van der Waals surface area contributed by atoms with Gasteiger partial charge in [0.25, 0.3) is 0 Å². The van der Waals surface area contributed by atoms with Crippen LogP contribution in [-0.4, -0.2) is 62.4 Å². The number of methoxy groups -OCH3 is 2.